The van der Waals surface area contributed by atoms with E-state index in [-0.39, 0.29) is 17.0 Å². The van der Waals surface area contributed by atoms with E-state index in [0.29, 0.717) is 0 Å². The largest absolute Gasteiger partial charge is 0.454 e. The zero-order valence-corrected chi connectivity index (χ0v) is 16.9. The Morgan fingerprint density at radius 1 is 1.06 bits per heavy atom. The van der Waals surface area contributed by atoms with Crippen molar-refractivity contribution in [1.29, 1.82) is 0 Å². The molecule has 0 saturated heterocycles. The van der Waals surface area contributed by atoms with Gasteiger partial charge in [-0.25, -0.2) is 9.59 Å². The monoisotopic (exact) mass is 442 g/mol. The van der Waals surface area contributed by atoms with Crippen LogP contribution in [0, 0.1) is 0 Å². The number of ether oxygens (including phenoxy) is 1. The quantitative estimate of drug-likeness (QED) is 0.413. The minimum Gasteiger partial charge on any atom is -0.454 e. The summed E-state index contributed by atoms with van der Waals surface area (Å²) in [5.74, 6) is -2.32. The van der Waals surface area contributed by atoms with Crippen molar-refractivity contribution >= 4 is 46.3 Å². The lowest BCUT2D eigenvalue weighted by Gasteiger charge is -2.18. The highest BCUT2D eigenvalue weighted by Gasteiger charge is 2.26. The molecule has 1 atom stereocenters. The van der Waals surface area contributed by atoms with Gasteiger partial charge in [-0.1, -0.05) is 41.9 Å². The standard InChI is InChI=1S/C21H19ClN4O5/c22-15-7-3-1-6-14(15)19(28)25-17(20(29)31-11-18(27)26-21(23)30)9-12-10-24-16-8-4-2-5-13(12)16/h1-8,10,17,24H,9,11H2,(H,25,28)(H3,23,26,27,30). The molecule has 1 aromatic heterocycles. The van der Waals surface area contributed by atoms with Crippen molar-refractivity contribution in [3.8, 4) is 0 Å². The topological polar surface area (TPSA) is 143 Å². The van der Waals surface area contributed by atoms with Crippen LogP contribution in [0.2, 0.25) is 5.02 Å². The summed E-state index contributed by atoms with van der Waals surface area (Å²) in [5, 5.41) is 5.50. The van der Waals surface area contributed by atoms with Gasteiger partial charge in [0, 0.05) is 23.5 Å². The molecule has 0 radical (unpaired) electrons. The van der Waals surface area contributed by atoms with Crippen LogP contribution in [0.15, 0.2) is 54.7 Å². The third-order valence-electron chi connectivity index (χ3n) is 4.42. The number of carbonyl (C=O) groups is 4. The van der Waals surface area contributed by atoms with Crippen LogP contribution in [0.25, 0.3) is 10.9 Å². The first-order valence-corrected chi connectivity index (χ1v) is 9.59. The van der Waals surface area contributed by atoms with Crippen LogP contribution in [-0.2, 0) is 20.7 Å². The number of aromatic nitrogens is 1. The van der Waals surface area contributed by atoms with Crippen molar-refractivity contribution in [3.05, 3.63) is 70.9 Å². The van der Waals surface area contributed by atoms with E-state index < -0.39 is 36.5 Å². The molecule has 2 aromatic carbocycles. The Hall–Kier alpha value is -3.85. The highest BCUT2D eigenvalue weighted by atomic mass is 35.5. The molecule has 4 amide bonds. The van der Waals surface area contributed by atoms with Crippen molar-refractivity contribution in [3.63, 3.8) is 0 Å². The number of urea groups is 1. The van der Waals surface area contributed by atoms with Crippen LogP contribution in [0.1, 0.15) is 15.9 Å². The SMILES string of the molecule is NC(=O)NC(=O)COC(=O)C(Cc1c[nH]c2ccccc12)NC(=O)c1ccccc1Cl. The van der Waals surface area contributed by atoms with E-state index in [1.165, 1.54) is 6.07 Å². The molecule has 0 bridgehead atoms. The summed E-state index contributed by atoms with van der Waals surface area (Å²) in [7, 11) is 0. The molecule has 3 rings (SSSR count). The first-order chi connectivity index (χ1) is 14.8. The number of benzene rings is 2. The number of para-hydroxylation sites is 1. The Morgan fingerprint density at radius 3 is 2.52 bits per heavy atom. The average molecular weight is 443 g/mol. The van der Waals surface area contributed by atoms with Gasteiger partial charge < -0.3 is 20.8 Å². The number of halogens is 1. The smallest absolute Gasteiger partial charge is 0.329 e. The summed E-state index contributed by atoms with van der Waals surface area (Å²) in [6.07, 6.45) is 1.82. The van der Waals surface area contributed by atoms with Crippen molar-refractivity contribution in [2.24, 2.45) is 5.73 Å². The Bertz CT molecular complexity index is 1140. The molecule has 0 fully saturated rings. The lowest BCUT2D eigenvalue weighted by atomic mass is 10.0. The molecule has 0 aliphatic rings. The van der Waals surface area contributed by atoms with Crippen LogP contribution in [0.4, 0.5) is 4.79 Å². The normalized spacial score (nSPS) is 11.5. The van der Waals surface area contributed by atoms with Crippen LogP contribution in [-0.4, -0.2) is 41.4 Å². The maximum absolute atomic E-state index is 12.7. The van der Waals surface area contributed by atoms with E-state index in [1.807, 2.05) is 24.3 Å². The van der Waals surface area contributed by atoms with Crippen molar-refractivity contribution in [2.45, 2.75) is 12.5 Å². The molecule has 0 saturated carbocycles. The number of hydrogen-bond donors (Lipinski definition) is 4. The van der Waals surface area contributed by atoms with E-state index in [1.54, 1.807) is 29.7 Å². The third-order valence-corrected chi connectivity index (χ3v) is 4.75. The van der Waals surface area contributed by atoms with Gasteiger partial charge in [0.05, 0.1) is 10.6 Å². The maximum atomic E-state index is 12.7. The molecule has 10 heteroatoms. The number of amides is 4. The van der Waals surface area contributed by atoms with Gasteiger partial charge in [0.1, 0.15) is 6.04 Å². The molecule has 0 spiro atoms. The molecule has 0 aliphatic heterocycles. The van der Waals surface area contributed by atoms with Gasteiger partial charge in [-0.2, -0.15) is 0 Å². The van der Waals surface area contributed by atoms with Crippen LogP contribution in [0.3, 0.4) is 0 Å². The number of carbonyl (C=O) groups excluding carboxylic acids is 4. The predicted octanol–water partition coefficient (Wildman–Crippen LogP) is 1.90. The van der Waals surface area contributed by atoms with E-state index in [9.17, 15) is 19.2 Å². The zero-order valence-electron chi connectivity index (χ0n) is 16.2. The minimum absolute atomic E-state index is 0.0937. The predicted molar refractivity (Wildman–Crippen MR) is 113 cm³/mol. The molecule has 160 valence electrons. The van der Waals surface area contributed by atoms with Crippen molar-refractivity contribution in [2.75, 3.05) is 6.61 Å². The fourth-order valence-corrected chi connectivity index (χ4v) is 3.23. The van der Waals surface area contributed by atoms with Gasteiger partial charge in [-0.05, 0) is 23.8 Å². The Balaban J connectivity index is 1.80. The molecular weight excluding hydrogens is 424 g/mol. The molecule has 31 heavy (non-hydrogen) atoms. The number of rotatable bonds is 7. The van der Waals surface area contributed by atoms with Crippen molar-refractivity contribution < 1.29 is 23.9 Å². The summed E-state index contributed by atoms with van der Waals surface area (Å²) in [6.45, 7) is -0.728. The Morgan fingerprint density at radius 2 is 1.77 bits per heavy atom. The summed E-state index contributed by atoms with van der Waals surface area (Å²) in [4.78, 5) is 50.8. The van der Waals surface area contributed by atoms with E-state index in [0.717, 1.165) is 16.5 Å². The summed E-state index contributed by atoms with van der Waals surface area (Å²) in [6, 6.07) is 11.7. The summed E-state index contributed by atoms with van der Waals surface area (Å²) in [5.41, 5.74) is 6.68. The summed E-state index contributed by atoms with van der Waals surface area (Å²) < 4.78 is 4.98. The van der Waals surface area contributed by atoms with Gasteiger partial charge in [-0.15, -0.1) is 0 Å². The fraction of sp³-hybridized carbons (Fsp3) is 0.143. The fourth-order valence-electron chi connectivity index (χ4n) is 3.01. The molecule has 3 aromatic rings. The molecule has 0 aliphatic carbocycles. The number of primary amides is 1. The number of aromatic amines is 1. The minimum atomic E-state index is -1.12. The van der Waals surface area contributed by atoms with Crippen LogP contribution >= 0.6 is 11.6 Å². The lowest BCUT2D eigenvalue weighted by Crippen LogP contribution is -2.45. The number of fused-ring (bicyclic) bond motifs is 1. The van der Waals surface area contributed by atoms with E-state index in [2.05, 4.69) is 10.3 Å². The van der Waals surface area contributed by atoms with Crippen molar-refractivity contribution in [1.82, 2.24) is 15.6 Å². The third kappa shape index (κ3) is 5.61. The molecule has 1 heterocycles. The number of imide groups is 1. The highest BCUT2D eigenvalue weighted by Crippen LogP contribution is 2.20. The molecule has 5 N–H and O–H groups in total. The van der Waals surface area contributed by atoms with Gasteiger partial charge >= 0.3 is 12.0 Å². The number of hydrogen-bond acceptors (Lipinski definition) is 5. The zero-order chi connectivity index (χ0) is 22.4. The average Bonchev–Trinajstić information content (AvgIpc) is 3.14. The van der Waals surface area contributed by atoms with Gasteiger partial charge in [-0.3, -0.25) is 14.9 Å². The van der Waals surface area contributed by atoms with Crippen LogP contribution in [0.5, 0.6) is 0 Å². The Labute approximate surface area is 181 Å². The Kier molecular flexibility index (Phi) is 6.88. The highest BCUT2D eigenvalue weighted by molar-refractivity contribution is 6.33. The number of nitrogens with two attached hydrogens (primary N) is 1. The maximum Gasteiger partial charge on any atom is 0.329 e. The van der Waals surface area contributed by atoms with Gasteiger partial charge in [0.15, 0.2) is 6.61 Å². The second-order valence-corrected chi connectivity index (χ2v) is 7.00. The second-order valence-electron chi connectivity index (χ2n) is 6.59. The first-order valence-electron chi connectivity index (χ1n) is 9.21. The lowest BCUT2D eigenvalue weighted by molar-refractivity contribution is -0.150. The number of H-pyrrole nitrogens is 1. The molecule has 9 nitrogen and oxygen atoms in total. The molecule has 1 unspecified atom stereocenters. The second kappa shape index (κ2) is 9.77. The van der Waals surface area contributed by atoms with Gasteiger partial charge in [0.2, 0.25) is 0 Å². The molecular formula is C21H19ClN4O5. The number of nitrogens with one attached hydrogen (secondary N) is 3. The van der Waals surface area contributed by atoms with E-state index in [4.69, 9.17) is 22.1 Å². The summed E-state index contributed by atoms with van der Waals surface area (Å²) >= 11 is 6.08. The number of esters is 1. The first kappa shape index (κ1) is 21.8. The van der Waals surface area contributed by atoms with Gasteiger partial charge in [0.25, 0.3) is 11.8 Å². The van der Waals surface area contributed by atoms with Crippen LogP contribution < -0.4 is 16.4 Å². The van der Waals surface area contributed by atoms with E-state index >= 15 is 0 Å².